The first kappa shape index (κ1) is 12.6. The lowest BCUT2D eigenvalue weighted by Crippen LogP contribution is -2.10. The minimum atomic E-state index is -0.546. The Labute approximate surface area is 109 Å². The maximum Gasteiger partial charge on any atom is 0.313 e. The van der Waals surface area contributed by atoms with Gasteiger partial charge in [-0.25, -0.2) is 0 Å². The lowest BCUT2D eigenvalue weighted by Gasteiger charge is -2.00. The molecule has 0 unspecified atom stereocenters. The number of H-pyrrole nitrogens is 1. The predicted molar refractivity (Wildman–Crippen MR) is 69.0 cm³/mol. The smallest absolute Gasteiger partial charge is 0.313 e. The lowest BCUT2D eigenvalue weighted by atomic mass is 10.0. The molecule has 0 amide bonds. The standard InChI is InChI=1S/C13H12ClNO3/c1-7-13(11(16)6-12(17)18-2)9-5-8(14)3-4-10(9)15-7/h3-5,15H,6H2,1-2H3. The Morgan fingerprint density at radius 3 is 2.78 bits per heavy atom. The Hall–Kier alpha value is -1.81. The van der Waals surface area contributed by atoms with E-state index in [1.165, 1.54) is 7.11 Å². The van der Waals surface area contributed by atoms with Crippen LogP contribution < -0.4 is 0 Å². The first-order valence-electron chi connectivity index (χ1n) is 5.40. The largest absolute Gasteiger partial charge is 0.469 e. The lowest BCUT2D eigenvalue weighted by molar-refractivity contribution is -0.139. The molecule has 0 spiro atoms. The molecule has 0 fully saturated rings. The van der Waals surface area contributed by atoms with Gasteiger partial charge in [0.25, 0.3) is 0 Å². The Morgan fingerprint density at radius 2 is 2.11 bits per heavy atom. The number of aromatic amines is 1. The van der Waals surface area contributed by atoms with Gasteiger partial charge in [-0.1, -0.05) is 11.6 Å². The van der Waals surface area contributed by atoms with E-state index in [1.807, 2.05) is 0 Å². The van der Waals surface area contributed by atoms with Crippen LogP contribution in [0.25, 0.3) is 10.9 Å². The van der Waals surface area contributed by atoms with E-state index >= 15 is 0 Å². The average molecular weight is 266 g/mol. The monoisotopic (exact) mass is 265 g/mol. The van der Waals surface area contributed by atoms with E-state index in [0.29, 0.717) is 10.6 Å². The van der Waals surface area contributed by atoms with Crippen molar-refractivity contribution in [2.24, 2.45) is 0 Å². The third-order valence-corrected chi connectivity index (χ3v) is 2.99. The zero-order valence-corrected chi connectivity index (χ0v) is 10.8. The van der Waals surface area contributed by atoms with Crippen LogP contribution >= 0.6 is 11.6 Å². The van der Waals surface area contributed by atoms with Gasteiger partial charge in [0.05, 0.1) is 7.11 Å². The van der Waals surface area contributed by atoms with E-state index in [-0.39, 0.29) is 12.2 Å². The number of methoxy groups -OCH3 is 1. The Morgan fingerprint density at radius 1 is 1.39 bits per heavy atom. The highest BCUT2D eigenvalue weighted by atomic mass is 35.5. The minimum Gasteiger partial charge on any atom is -0.469 e. The summed E-state index contributed by atoms with van der Waals surface area (Å²) in [4.78, 5) is 26.3. The second-order valence-electron chi connectivity index (χ2n) is 3.99. The molecule has 0 aliphatic heterocycles. The number of ether oxygens (including phenoxy) is 1. The van der Waals surface area contributed by atoms with Gasteiger partial charge in [0.1, 0.15) is 6.42 Å². The predicted octanol–water partition coefficient (Wildman–Crippen LogP) is 2.88. The second kappa shape index (κ2) is 4.82. The molecule has 0 bridgehead atoms. The maximum atomic E-state index is 12.1. The van der Waals surface area contributed by atoms with Crippen molar-refractivity contribution in [2.75, 3.05) is 7.11 Å². The van der Waals surface area contributed by atoms with Gasteiger partial charge in [-0.15, -0.1) is 0 Å². The number of rotatable bonds is 3. The zero-order valence-electron chi connectivity index (χ0n) is 10.0. The normalized spacial score (nSPS) is 10.6. The number of fused-ring (bicyclic) bond motifs is 1. The van der Waals surface area contributed by atoms with Crippen molar-refractivity contribution in [3.63, 3.8) is 0 Å². The molecule has 5 heteroatoms. The summed E-state index contributed by atoms with van der Waals surface area (Å²) in [6.07, 6.45) is -0.267. The van der Waals surface area contributed by atoms with Gasteiger partial charge in [0.15, 0.2) is 5.78 Å². The fourth-order valence-corrected chi connectivity index (χ4v) is 2.12. The number of benzene rings is 1. The number of nitrogens with one attached hydrogen (secondary N) is 1. The highest BCUT2D eigenvalue weighted by molar-refractivity contribution is 6.31. The van der Waals surface area contributed by atoms with Gasteiger partial charge < -0.3 is 9.72 Å². The number of hydrogen-bond acceptors (Lipinski definition) is 3. The summed E-state index contributed by atoms with van der Waals surface area (Å²) in [5.41, 5.74) is 2.05. The zero-order chi connectivity index (χ0) is 13.3. The molecule has 1 N–H and O–H groups in total. The van der Waals surface area contributed by atoms with Crippen LogP contribution in [0.3, 0.4) is 0 Å². The number of carbonyl (C=O) groups excluding carboxylic acids is 2. The fourth-order valence-electron chi connectivity index (χ4n) is 1.95. The SMILES string of the molecule is COC(=O)CC(=O)c1c(C)[nH]c2ccc(Cl)cc12. The van der Waals surface area contributed by atoms with Crippen LogP contribution in [-0.4, -0.2) is 23.8 Å². The molecule has 0 aliphatic rings. The van der Waals surface area contributed by atoms with Crippen molar-refractivity contribution >= 4 is 34.3 Å². The van der Waals surface area contributed by atoms with Crippen LogP contribution in [-0.2, 0) is 9.53 Å². The van der Waals surface area contributed by atoms with E-state index in [0.717, 1.165) is 16.6 Å². The second-order valence-corrected chi connectivity index (χ2v) is 4.43. The molecule has 2 aromatic rings. The Balaban J connectivity index is 2.49. The first-order chi connectivity index (χ1) is 8.52. The first-order valence-corrected chi connectivity index (χ1v) is 5.78. The van der Waals surface area contributed by atoms with Crippen molar-refractivity contribution < 1.29 is 14.3 Å². The summed E-state index contributed by atoms with van der Waals surface area (Å²) in [5.74, 6) is -0.816. The number of carbonyl (C=O) groups is 2. The van der Waals surface area contributed by atoms with E-state index in [4.69, 9.17) is 11.6 Å². The molecule has 4 nitrogen and oxygen atoms in total. The van der Waals surface area contributed by atoms with Gasteiger partial charge in [0.2, 0.25) is 0 Å². The molecule has 94 valence electrons. The summed E-state index contributed by atoms with van der Waals surface area (Å²) < 4.78 is 4.50. The summed E-state index contributed by atoms with van der Waals surface area (Å²) in [6.45, 7) is 1.79. The number of aromatic nitrogens is 1. The molecule has 2 rings (SSSR count). The third-order valence-electron chi connectivity index (χ3n) is 2.76. The van der Waals surface area contributed by atoms with Gasteiger partial charge in [-0.05, 0) is 25.1 Å². The summed E-state index contributed by atoms with van der Waals surface area (Å²) in [5, 5.41) is 1.28. The average Bonchev–Trinajstić information content (AvgIpc) is 2.64. The summed E-state index contributed by atoms with van der Waals surface area (Å²) in [7, 11) is 1.26. The Kier molecular flexibility index (Phi) is 3.39. The van der Waals surface area contributed by atoms with Crippen molar-refractivity contribution in [1.29, 1.82) is 0 Å². The number of esters is 1. The quantitative estimate of drug-likeness (QED) is 0.527. The number of halogens is 1. The van der Waals surface area contributed by atoms with Crippen molar-refractivity contribution in [3.8, 4) is 0 Å². The third kappa shape index (κ3) is 2.24. The molecule has 0 saturated heterocycles. The number of hydrogen-bond donors (Lipinski definition) is 1. The van der Waals surface area contributed by atoms with Gasteiger partial charge in [-0.2, -0.15) is 0 Å². The number of Topliss-reactive ketones (excluding diaryl/α,β-unsaturated/α-hetero) is 1. The van der Waals surface area contributed by atoms with Crippen molar-refractivity contribution in [2.45, 2.75) is 13.3 Å². The summed E-state index contributed by atoms with van der Waals surface area (Å²) >= 11 is 5.92. The molecule has 1 heterocycles. The highest BCUT2D eigenvalue weighted by Crippen LogP contribution is 2.26. The summed E-state index contributed by atoms with van der Waals surface area (Å²) in [6, 6.07) is 5.26. The molecule has 0 saturated carbocycles. The number of ketones is 1. The van der Waals surface area contributed by atoms with E-state index in [9.17, 15) is 9.59 Å². The van der Waals surface area contributed by atoms with Crippen LogP contribution in [0.5, 0.6) is 0 Å². The van der Waals surface area contributed by atoms with Crippen LogP contribution in [0.15, 0.2) is 18.2 Å². The molecular formula is C13H12ClNO3. The molecule has 0 radical (unpaired) electrons. The highest BCUT2D eigenvalue weighted by Gasteiger charge is 2.19. The Bertz CT molecular complexity index is 630. The van der Waals surface area contributed by atoms with Gasteiger partial charge in [-0.3, -0.25) is 9.59 Å². The van der Waals surface area contributed by atoms with Crippen LogP contribution in [0.1, 0.15) is 22.5 Å². The molecule has 18 heavy (non-hydrogen) atoms. The molecule has 1 aromatic carbocycles. The van der Waals surface area contributed by atoms with Crippen molar-refractivity contribution in [3.05, 3.63) is 34.5 Å². The molecular weight excluding hydrogens is 254 g/mol. The van der Waals surface area contributed by atoms with Crippen LogP contribution in [0.4, 0.5) is 0 Å². The molecule has 0 atom stereocenters. The molecule has 1 aromatic heterocycles. The van der Waals surface area contributed by atoms with Crippen LogP contribution in [0.2, 0.25) is 5.02 Å². The maximum absolute atomic E-state index is 12.1. The fraction of sp³-hybridized carbons (Fsp3) is 0.231. The molecule has 0 aliphatic carbocycles. The van der Waals surface area contributed by atoms with Crippen LogP contribution in [0, 0.1) is 6.92 Å². The topological polar surface area (TPSA) is 59.2 Å². The van der Waals surface area contributed by atoms with E-state index < -0.39 is 5.97 Å². The van der Waals surface area contributed by atoms with Gasteiger partial charge >= 0.3 is 5.97 Å². The van der Waals surface area contributed by atoms with Crippen molar-refractivity contribution in [1.82, 2.24) is 4.98 Å². The van der Waals surface area contributed by atoms with E-state index in [2.05, 4.69) is 9.72 Å². The minimum absolute atomic E-state index is 0.267. The number of aryl methyl sites for hydroxylation is 1. The van der Waals surface area contributed by atoms with E-state index in [1.54, 1.807) is 25.1 Å². The van der Waals surface area contributed by atoms with Gasteiger partial charge in [0, 0.05) is 27.2 Å².